The standard InChI is InChI=1S/C13H14N2O3S.BF4/c1-3-15-13(19-8(2)14-15)5-4-10-11(17)6-9(16)7-12(10)18;2-1(3,4)5/h4-7H,3H2,1-2H3,(H2,16,17,18);/q;-1/p+1. The van der Waals surface area contributed by atoms with Gasteiger partial charge < -0.3 is 32.6 Å². The molecule has 0 spiro atoms. The Labute approximate surface area is 139 Å². The molecule has 0 saturated carbocycles. The highest BCUT2D eigenvalue weighted by Crippen LogP contribution is 2.33. The van der Waals surface area contributed by atoms with Gasteiger partial charge in [0.05, 0.1) is 5.56 Å². The van der Waals surface area contributed by atoms with E-state index in [9.17, 15) is 32.6 Å². The number of nitrogens with zero attached hydrogens (tertiary/aromatic N) is 2. The van der Waals surface area contributed by atoms with Gasteiger partial charge in [0.15, 0.2) is 11.6 Å². The van der Waals surface area contributed by atoms with Crippen LogP contribution in [0.4, 0.5) is 17.3 Å². The molecule has 0 aliphatic carbocycles. The van der Waals surface area contributed by atoms with Crippen LogP contribution < -0.4 is 4.68 Å². The molecule has 3 N–H and O–H groups in total. The average Bonchev–Trinajstić information content (AvgIpc) is 2.76. The van der Waals surface area contributed by atoms with E-state index in [0.29, 0.717) is 0 Å². The van der Waals surface area contributed by atoms with Gasteiger partial charge in [-0.1, -0.05) is 4.68 Å². The molecule has 0 radical (unpaired) electrons. The van der Waals surface area contributed by atoms with Crippen LogP contribution in [0.15, 0.2) is 12.1 Å². The first-order valence-corrected chi connectivity index (χ1v) is 7.50. The van der Waals surface area contributed by atoms with Crippen molar-refractivity contribution < 1.29 is 37.3 Å². The Balaban J connectivity index is 0.000000505. The minimum atomic E-state index is -6.00. The van der Waals surface area contributed by atoms with Gasteiger partial charge in [-0.2, -0.15) is 0 Å². The van der Waals surface area contributed by atoms with E-state index in [1.807, 2.05) is 18.5 Å². The maximum Gasteiger partial charge on any atom is 0.673 e. The molecule has 0 unspecified atom stereocenters. The maximum atomic E-state index is 9.75. The zero-order valence-electron chi connectivity index (χ0n) is 12.8. The second kappa shape index (κ2) is 8.00. The van der Waals surface area contributed by atoms with Crippen LogP contribution in [0.1, 0.15) is 22.5 Å². The average molecular weight is 366 g/mol. The molecule has 0 aliphatic rings. The van der Waals surface area contributed by atoms with Crippen molar-refractivity contribution in [3.8, 4) is 17.2 Å². The molecule has 0 fully saturated rings. The van der Waals surface area contributed by atoms with Crippen LogP contribution in [0.3, 0.4) is 0 Å². The minimum Gasteiger partial charge on any atom is -0.508 e. The fourth-order valence-electron chi connectivity index (χ4n) is 1.72. The van der Waals surface area contributed by atoms with E-state index < -0.39 is 7.25 Å². The summed E-state index contributed by atoms with van der Waals surface area (Å²) in [6, 6.07) is 2.37. The number of rotatable bonds is 3. The zero-order chi connectivity index (χ0) is 18.5. The van der Waals surface area contributed by atoms with E-state index in [-0.39, 0.29) is 22.8 Å². The summed E-state index contributed by atoms with van der Waals surface area (Å²) in [5.41, 5.74) is 0.270. The quantitative estimate of drug-likeness (QED) is 0.442. The molecule has 132 valence electrons. The second-order valence-electron chi connectivity index (χ2n) is 4.50. The number of phenolic OH excluding ortho intramolecular Hbond substituents is 3. The third-order valence-electron chi connectivity index (χ3n) is 2.58. The fraction of sp³-hybridized carbons (Fsp3) is 0.231. The zero-order valence-corrected chi connectivity index (χ0v) is 13.6. The summed E-state index contributed by atoms with van der Waals surface area (Å²) in [6.07, 6.45) is 3.38. The van der Waals surface area contributed by atoms with E-state index >= 15 is 0 Å². The molecular weight excluding hydrogens is 351 g/mol. The minimum absolute atomic E-state index is 0.168. The molecule has 0 aliphatic heterocycles. The number of aromatic hydroxyl groups is 3. The molecule has 0 bridgehead atoms. The Morgan fingerprint density at radius 2 is 1.62 bits per heavy atom. The number of hydrogen-bond acceptors (Lipinski definition) is 5. The lowest BCUT2D eigenvalue weighted by molar-refractivity contribution is -0.747. The number of phenols is 3. The molecule has 2 rings (SSSR count). The molecule has 11 heteroatoms. The van der Waals surface area contributed by atoms with Gasteiger partial charge >= 0.3 is 7.25 Å². The molecule has 1 aromatic heterocycles. The first kappa shape index (κ1) is 19.8. The van der Waals surface area contributed by atoms with Crippen molar-refractivity contribution >= 4 is 30.7 Å². The number of aryl methyl sites for hydroxylation is 2. The highest BCUT2D eigenvalue weighted by molar-refractivity contribution is 7.11. The van der Waals surface area contributed by atoms with Crippen molar-refractivity contribution in [3.05, 3.63) is 27.7 Å². The highest BCUT2D eigenvalue weighted by atomic mass is 32.1. The second-order valence-corrected chi connectivity index (χ2v) is 5.71. The van der Waals surface area contributed by atoms with Crippen molar-refractivity contribution in [3.63, 3.8) is 0 Å². The van der Waals surface area contributed by atoms with Crippen LogP contribution in [-0.2, 0) is 6.54 Å². The van der Waals surface area contributed by atoms with E-state index in [1.54, 1.807) is 12.2 Å². The lowest BCUT2D eigenvalue weighted by Crippen LogP contribution is -2.36. The van der Waals surface area contributed by atoms with Crippen LogP contribution in [0, 0.1) is 6.92 Å². The van der Waals surface area contributed by atoms with E-state index in [2.05, 4.69) is 5.10 Å². The summed E-state index contributed by atoms with van der Waals surface area (Å²) in [4.78, 5) is 0. The summed E-state index contributed by atoms with van der Waals surface area (Å²) in [5, 5.41) is 34.8. The van der Waals surface area contributed by atoms with Gasteiger partial charge in [-0.25, -0.2) is 0 Å². The first-order chi connectivity index (χ1) is 11.0. The molecule has 1 heterocycles. The predicted molar refractivity (Wildman–Crippen MR) is 83.3 cm³/mol. The van der Waals surface area contributed by atoms with Crippen molar-refractivity contribution in [1.29, 1.82) is 0 Å². The third kappa shape index (κ3) is 6.45. The van der Waals surface area contributed by atoms with E-state index in [0.717, 1.165) is 16.6 Å². The Morgan fingerprint density at radius 1 is 1.12 bits per heavy atom. The van der Waals surface area contributed by atoms with Crippen LogP contribution in [-0.4, -0.2) is 27.7 Å². The van der Waals surface area contributed by atoms with Crippen molar-refractivity contribution in [1.82, 2.24) is 5.10 Å². The van der Waals surface area contributed by atoms with Gasteiger partial charge in [-0.05, 0) is 31.3 Å². The molecule has 24 heavy (non-hydrogen) atoms. The number of aromatic nitrogens is 2. The molecule has 0 amide bonds. The lowest BCUT2D eigenvalue weighted by atomic mass is 10.1. The molecular formula is C13H15BF4N2O3S. The summed E-state index contributed by atoms with van der Waals surface area (Å²) < 4.78 is 40.8. The Hall–Kier alpha value is -2.30. The van der Waals surface area contributed by atoms with Crippen LogP contribution in [0.5, 0.6) is 17.2 Å². The predicted octanol–water partition coefficient (Wildman–Crippen LogP) is 3.35. The summed E-state index contributed by atoms with van der Waals surface area (Å²) in [5.74, 6) is -0.513. The Kier molecular flexibility index (Phi) is 6.58. The Bertz CT molecular complexity index is 705. The topological polar surface area (TPSA) is 77.5 Å². The van der Waals surface area contributed by atoms with Gasteiger partial charge in [0.25, 0.3) is 5.01 Å². The van der Waals surface area contributed by atoms with Crippen LogP contribution in [0.25, 0.3) is 12.2 Å². The molecule has 1 aromatic carbocycles. The largest absolute Gasteiger partial charge is 0.673 e. The lowest BCUT2D eigenvalue weighted by Gasteiger charge is -2.02. The number of hydrogen-bond donors (Lipinski definition) is 3. The van der Waals surface area contributed by atoms with E-state index in [1.165, 1.54) is 23.5 Å². The van der Waals surface area contributed by atoms with Crippen LogP contribution in [0.2, 0.25) is 0 Å². The molecule has 0 saturated heterocycles. The third-order valence-corrected chi connectivity index (χ3v) is 3.51. The Morgan fingerprint density at radius 3 is 2.08 bits per heavy atom. The van der Waals surface area contributed by atoms with E-state index in [4.69, 9.17) is 0 Å². The summed E-state index contributed by atoms with van der Waals surface area (Å²) in [7, 11) is -6.00. The van der Waals surface area contributed by atoms with Gasteiger partial charge in [0.2, 0.25) is 0 Å². The highest BCUT2D eigenvalue weighted by Gasteiger charge is 2.20. The maximum absolute atomic E-state index is 9.75. The van der Waals surface area contributed by atoms with Gasteiger partial charge in [0.1, 0.15) is 17.2 Å². The van der Waals surface area contributed by atoms with Gasteiger partial charge in [-0.3, -0.25) is 0 Å². The van der Waals surface area contributed by atoms with Crippen molar-refractivity contribution in [2.45, 2.75) is 20.4 Å². The first-order valence-electron chi connectivity index (χ1n) is 6.69. The number of halogens is 4. The number of benzene rings is 1. The fourth-order valence-corrected chi connectivity index (χ4v) is 2.58. The van der Waals surface area contributed by atoms with Crippen molar-refractivity contribution in [2.24, 2.45) is 0 Å². The molecule has 5 nitrogen and oxygen atoms in total. The molecule has 0 atom stereocenters. The monoisotopic (exact) mass is 366 g/mol. The van der Waals surface area contributed by atoms with Gasteiger partial charge in [-0.15, -0.1) is 0 Å². The summed E-state index contributed by atoms with van der Waals surface area (Å²) in [6.45, 7) is 4.66. The summed E-state index contributed by atoms with van der Waals surface area (Å²) >= 11 is 1.53. The van der Waals surface area contributed by atoms with Gasteiger partial charge in [0, 0.05) is 23.3 Å². The normalized spacial score (nSPS) is 11.4. The van der Waals surface area contributed by atoms with Crippen molar-refractivity contribution in [2.75, 3.05) is 0 Å². The SMILES string of the molecule is CC[n+]1nc(C)sc1/C=C/c1c(O)cc(O)cc1O.F[B-](F)(F)F. The molecule has 2 aromatic rings. The van der Waals surface area contributed by atoms with Crippen LogP contribution >= 0.6 is 11.3 Å². The smallest absolute Gasteiger partial charge is 0.508 e.